The Balaban J connectivity index is 1.46. The zero-order valence-corrected chi connectivity index (χ0v) is 16.0. The molecule has 2 aliphatic rings. The minimum Gasteiger partial charge on any atom is -0.508 e. The lowest BCUT2D eigenvalue weighted by Gasteiger charge is -2.38. The van der Waals surface area contributed by atoms with E-state index in [4.69, 9.17) is 11.6 Å². The topological polar surface area (TPSA) is 60.9 Å². The van der Waals surface area contributed by atoms with E-state index in [-0.39, 0.29) is 22.6 Å². The number of halogens is 2. The predicted octanol–water partition coefficient (Wildman–Crippen LogP) is 3.84. The molecular formula is C21H20ClFN2O3. The second-order valence-corrected chi connectivity index (χ2v) is 7.84. The van der Waals surface area contributed by atoms with Crippen LogP contribution < -0.4 is 4.90 Å². The first-order valence-electron chi connectivity index (χ1n) is 9.25. The van der Waals surface area contributed by atoms with E-state index in [2.05, 4.69) is 0 Å². The Morgan fingerprint density at radius 1 is 1.07 bits per heavy atom. The summed E-state index contributed by atoms with van der Waals surface area (Å²) in [5.41, 5.74) is 0.555. The summed E-state index contributed by atoms with van der Waals surface area (Å²) in [7, 11) is 0. The fourth-order valence-corrected chi connectivity index (χ4v) is 4.32. The molecule has 0 atom stereocenters. The van der Waals surface area contributed by atoms with E-state index in [1.165, 1.54) is 24.3 Å². The van der Waals surface area contributed by atoms with Crippen molar-refractivity contribution in [3.05, 3.63) is 58.9 Å². The van der Waals surface area contributed by atoms with Crippen molar-refractivity contribution in [3.8, 4) is 5.75 Å². The maximum absolute atomic E-state index is 13.4. The Hall–Kier alpha value is -2.60. The highest BCUT2D eigenvalue weighted by Crippen LogP contribution is 2.43. The molecule has 0 aromatic heterocycles. The van der Waals surface area contributed by atoms with Crippen LogP contribution in [0.15, 0.2) is 42.5 Å². The van der Waals surface area contributed by atoms with Crippen LogP contribution in [0.2, 0.25) is 5.02 Å². The van der Waals surface area contributed by atoms with Gasteiger partial charge in [0, 0.05) is 30.9 Å². The standard InChI is InChI=1S/C21H20ClFN2O3/c22-17-13-15(4-5-18(17)23)25-11-8-21(20(25)28)6-9-24(10-7-21)19(27)14-2-1-3-16(26)12-14/h1-5,12-13,26H,6-11H2. The van der Waals surface area contributed by atoms with Crippen LogP contribution >= 0.6 is 11.6 Å². The van der Waals surface area contributed by atoms with Crippen LogP contribution in [0.25, 0.3) is 0 Å². The van der Waals surface area contributed by atoms with E-state index in [1.54, 1.807) is 28.0 Å². The van der Waals surface area contributed by atoms with Crippen molar-refractivity contribution >= 4 is 29.1 Å². The van der Waals surface area contributed by atoms with Crippen molar-refractivity contribution in [2.75, 3.05) is 24.5 Å². The van der Waals surface area contributed by atoms with Gasteiger partial charge in [0.1, 0.15) is 11.6 Å². The molecule has 0 aliphatic carbocycles. The van der Waals surface area contributed by atoms with Gasteiger partial charge in [0.25, 0.3) is 5.91 Å². The maximum Gasteiger partial charge on any atom is 0.253 e. The van der Waals surface area contributed by atoms with Crippen LogP contribution in [-0.2, 0) is 4.79 Å². The highest BCUT2D eigenvalue weighted by molar-refractivity contribution is 6.31. The summed E-state index contributed by atoms with van der Waals surface area (Å²) in [4.78, 5) is 29.2. The number of carbonyl (C=O) groups excluding carboxylic acids is 2. The maximum atomic E-state index is 13.4. The van der Waals surface area contributed by atoms with Crippen LogP contribution in [0.3, 0.4) is 0 Å². The fourth-order valence-electron chi connectivity index (χ4n) is 4.14. The molecule has 0 unspecified atom stereocenters. The number of anilines is 1. The first-order chi connectivity index (χ1) is 13.4. The van der Waals surface area contributed by atoms with Gasteiger partial charge in [-0.1, -0.05) is 17.7 Å². The van der Waals surface area contributed by atoms with Crippen LogP contribution in [0.4, 0.5) is 10.1 Å². The molecule has 2 aliphatic heterocycles. The third-order valence-electron chi connectivity index (χ3n) is 5.83. The summed E-state index contributed by atoms with van der Waals surface area (Å²) in [6.07, 6.45) is 1.87. The second-order valence-electron chi connectivity index (χ2n) is 7.43. The molecule has 28 heavy (non-hydrogen) atoms. The molecule has 146 valence electrons. The number of likely N-dealkylation sites (tertiary alicyclic amines) is 1. The van der Waals surface area contributed by atoms with Crippen molar-refractivity contribution in [2.45, 2.75) is 19.3 Å². The van der Waals surface area contributed by atoms with Crippen LogP contribution in [0.5, 0.6) is 5.75 Å². The summed E-state index contributed by atoms with van der Waals surface area (Å²) in [5.74, 6) is -0.581. The van der Waals surface area contributed by atoms with E-state index in [1.807, 2.05) is 0 Å². The third kappa shape index (κ3) is 3.22. The van der Waals surface area contributed by atoms with Crippen molar-refractivity contribution in [1.82, 2.24) is 4.90 Å². The normalized spacial score (nSPS) is 18.7. The molecule has 2 heterocycles. The summed E-state index contributed by atoms with van der Waals surface area (Å²) in [6, 6.07) is 10.6. The van der Waals surface area contributed by atoms with Gasteiger partial charge in [-0.25, -0.2) is 4.39 Å². The Labute approximate surface area is 167 Å². The average Bonchev–Trinajstić information content (AvgIpc) is 3.00. The molecule has 2 saturated heterocycles. The number of phenols is 1. The minimum absolute atomic E-state index is 0.00206. The highest BCUT2D eigenvalue weighted by atomic mass is 35.5. The number of nitrogens with zero attached hydrogens (tertiary/aromatic N) is 2. The monoisotopic (exact) mass is 402 g/mol. The Morgan fingerprint density at radius 2 is 1.79 bits per heavy atom. The largest absolute Gasteiger partial charge is 0.508 e. The molecule has 2 fully saturated rings. The summed E-state index contributed by atoms with van der Waals surface area (Å²) in [5, 5.41) is 9.58. The van der Waals surface area contributed by atoms with Gasteiger partial charge in [-0.05, 0) is 55.7 Å². The second kappa shape index (κ2) is 7.09. The lowest BCUT2D eigenvalue weighted by Crippen LogP contribution is -2.46. The first-order valence-corrected chi connectivity index (χ1v) is 9.63. The molecule has 0 radical (unpaired) electrons. The number of phenolic OH excluding ortho intramolecular Hbond substituents is 1. The number of piperidine rings is 1. The van der Waals surface area contributed by atoms with Gasteiger partial charge in [0.15, 0.2) is 0 Å². The molecule has 2 aromatic carbocycles. The molecule has 2 aromatic rings. The lowest BCUT2D eigenvalue weighted by atomic mass is 9.77. The van der Waals surface area contributed by atoms with E-state index in [0.29, 0.717) is 50.1 Å². The minimum atomic E-state index is -0.509. The van der Waals surface area contributed by atoms with Crippen molar-refractivity contribution < 1.29 is 19.1 Å². The van der Waals surface area contributed by atoms with Crippen molar-refractivity contribution in [3.63, 3.8) is 0 Å². The molecule has 1 spiro atoms. The Bertz CT molecular complexity index is 941. The van der Waals surface area contributed by atoms with Gasteiger partial charge in [-0.3, -0.25) is 9.59 Å². The molecule has 5 nitrogen and oxygen atoms in total. The predicted molar refractivity (Wildman–Crippen MR) is 104 cm³/mol. The molecule has 4 rings (SSSR count). The summed E-state index contributed by atoms with van der Waals surface area (Å²) < 4.78 is 13.4. The van der Waals surface area contributed by atoms with E-state index in [9.17, 15) is 19.1 Å². The molecule has 0 saturated carbocycles. The van der Waals surface area contributed by atoms with E-state index in [0.717, 1.165) is 0 Å². The van der Waals surface area contributed by atoms with E-state index >= 15 is 0 Å². The number of rotatable bonds is 2. The number of carbonyl (C=O) groups is 2. The number of benzene rings is 2. The van der Waals surface area contributed by atoms with Gasteiger partial charge in [0.2, 0.25) is 5.91 Å². The SMILES string of the molecule is O=C(c1cccc(O)c1)N1CCC2(CC1)CCN(c1ccc(F)c(Cl)c1)C2=O. The molecule has 1 N–H and O–H groups in total. The van der Waals surface area contributed by atoms with Crippen LogP contribution in [0, 0.1) is 11.2 Å². The Kier molecular flexibility index (Phi) is 4.75. The van der Waals surface area contributed by atoms with Crippen LogP contribution in [-0.4, -0.2) is 41.5 Å². The van der Waals surface area contributed by atoms with Gasteiger partial charge in [0.05, 0.1) is 10.4 Å². The number of hydrogen-bond donors (Lipinski definition) is 1. The summed E-state index contributed by atoms with van der Waals surface area (Å²) in [6.45, 7) is 1.53. The smallest absolute Gasteiger partial charge is 0.253 e. The average molecular weight is 403 g/mol. The molecule has 0 bridgehead atoms. The summed E-state index contributed by atoms with van der Waals surface area (Å²) >= 11 is 5.87. The van der Waals surface area contributed by atoms with Crippen molar-refractivity contribution in [2.24, 2.45) is 5.41 Å². The lowest BCUT2D eigenvalue weighted by molar-refractivity contribution is -0.127. The van der Waals surface area contributed by atoms with E-state index < -0.39 is 11.2 Å². The third-order valence-corrected chi connectivity index (χ3v) is 6.12. The van der Waals surface area contributed by atoms with Gasteiger partial charge >= 0.3 is 0 Å². The quantitative estimate of drug-likeness (QED) is 0.830. The van der Waals surface area contributed by atoms with Crippen LogP contribution in [0.1, 0.15) is 29.6 Å². The molecular weight excluding hydrogens is 383 g/mol. The number of amides is 2. The zero-order chi connectivity index (χ0) is 19.9. The fraction of sp³-hybridized carbons (Fsp3) is 0.333. The Morgan fingerprint density at radius 3 is 2.46 bits per heavy atom. The van der Waals surface area contributed by atoms with Gasteiger partial charge in [-0.15, -0.1) is 0 Å². The number of aromatic hydroxyl groups is 1. The highest BCUT2D eigenvalue weighted by Gasteiger charge is 2.49. The van der Waals surface area contributed by atoms with Crippen molar-refractivity contribution in [1.29, 1.82) is 0 Å². The number of hydrogen-bond acceptors (Lipinski definition) is 3. The first kappa shape index (κ1) is 18.7. The molecule has 2 amide bonds. The zero-order valence-electron chi connectivity index (χ0n) is 15.2. The molecule has 7 heteroatoms. The van der Waals surface area contributed by atoms with Gasteiger partial charge < -0.3 is 14.9 Å². The van der Waals surface area contributed by atoms with Gasteiger partial charge in [-0.2, -0.15) is 0 Å².